The Balaban J connectivity index is 1.97. The Hall–Kier alpha value is -1.47. The summed E-state index contributed by atoms with van der Waals surface area (Å²) in [5.74, 6) is 0. The first-order valence-electron chi connectivity index (χ1n) is 7.08. The summed E-state index contributed by atoms with van der Waals surface area (Å²) < 4.78 is 0. The molecule has 2 heteroatoms. The third-order valence-corrected chi connectivity index (χ3v) is 4.53. The molecular weight excluding hydrogens is 266 g/mol. The minimum atomic E-state index is 0.192. The van der Waals surface area contributed by atoms with Crippen LogP contribution in [-0.4, -0.2) is 0 Å². The van der Waals surface area contributed by atoms with Crippen LogP contribution in [0.3, 0.4) is 0 Å². The van der Waals surface area contributed by atoms with Crippen molar-refractivity contribution in [3.05, 3.63) is 64.2 Å². The van der Waals surface area contributed by atoms with E-state index in [9.17, 15) is 0 Å². The monoisotopic (exact) mass is 285 g/mol. The Bertz CT molecular complexity index is 646. The molecule has 1 atom stereocenters. The lowest BCUT2D eigenvalue weighted by Gasteiger charge is -2.30. The van der Waals surface area contributed by atoms with E-state index in [4.69, 9.17) is 11.6 Å². The summed E-state index contributed by atoms with van der Waals surface area (Å²) in [5.41, 5.74) is 5.24. The molecule has 1 aliphatic rings. The van der Waals surface area contributed by atoms with Gasteiger partial charge in [0.1, 0.15) is 0 Å². The van der Waals surface area contributed by atoms with Gasteiger partial charge >= 0.3 is 0 Å². The normalized spacial score (nSPS) is 19.7. The van der Waals surface area contributed by atoms with Gasteiger partial charge in [-0.3, -0.25) is 0 Å². The van der Waals surface area contributed by atoms with Crippen molar-refractivity contribution in [3.8, 4) is 0 Å². The number of hydrogen-bond acceptors (Lipinski definition) is 1. The quantitative estimate of drug-likeness (QED) is 0.781. The van der Waals surface area contributed by atoms with Crippen LogP contribution < -0.4 is 5.32 Å². The summed E-state index contributed by atoms with van der Waals surface area (Å²) in [4.78, 5) is 0. The highest BCUT2D eigenvalue weighted by Gasteiger charge is 2.38. The second-order valence-electron chi connectivity index (χ2n) is 6.42. The zero-order valence-corrected chi connectivity index (χ0v) is 13.0. The van der Waals surface area contributed by atoms with E-state index in [0.29, 0.717) is 6.04 Å². The van der Waals surface area contributed by atoms with Gasteiger partial charge in [-0.05, 0) is 47.6 Å². The molecule has 2 aromatic carbocycles. The Labute approximate surface area is 126 Å². The molecule has 1 N–H and O–H groups in total. The number of rotatable bonds is 2. The Kier molecular flexibility index (Phi) is 3.25. The minimum absolute atomic E-state index is 0.192. The van der Waals surface area contributed by atoms with Crippen molar-refractivity contribution in [2.24, 2.45) is 5.41 Å². The highest BCUT2D eigenvalue weighted by atomic mass is 35.5. The van der Waals surface area contributed by atoms with Gasteiger partial charge in [0.2, 0.25) is 0 Å². The molecule has 0 saturated heterocycles. The van der Waals surface area contributed by atoms with Gasteiger partial charge in [-0.15, -0.1) is 0 Å². The number of anilines is 1. The molecular formula is C18H20ClN. The molecule has 0 aliphatic heterocycles. The topological polar surface area (TPSA) is 12.0 Å². The largest absolute Gasteiger partial charge is 0.376 e. The average Bonchev–Trinajstić information content (AvgIpc) is 2.63. The van der Waals surface area contributed by atoms with Crippen LogP contribution in [0, 0.1) is 12.3 Å². The summed E-state index contributed by atoms with van der Waals surface area (Å²) in [7, 11) is 0. The summed E-state index contributed by atoms with van der Waals surface area (Å²) in [6.45, 7) is 6.68. The van der Waals surface area contributed by atoms with Gasteiger partial charge in [0.05, 0.1) is 16.8 Å². The molecule has 20 heavy (non-hydrogen) atoms. The molecule has 1 nitrogen and oxygen atoms in total. The van der Waals surface area contributed by atoms with Crippen LogP contribution in [0.1, 0.15) is 36.6 Å². The molecule has 1 aliphatic carbocycles. The van der Waals surface area contributed by atoms with Crippen molar-refractivity contribution >= 4 is 17.3 Å². The van der Waals surface area contributed by atoms with Gasteiger partial charge < -0.3 is 5.32 Å². The number of hydrogen-bond donors (Lipinski definition) is 1. The standard InChI is InChI=1S/C18H20ClN/c1-12-8-9-16(15(19)10-12)20-17-14-7-5-4-6-13(14)11-18(17,2)3/h4-10,17,20H,11H2,1-3H3. The second-order valence-corrected chi connectivity index (χ2v) is 6.83. The summed E-state index contributed by atoms with van der Waals surface area (Å²) in [6.07, 6.45) is 1.10. The molecule has 0 heterocycles. The van der Waals surface area contributed by atoms with Crippen molar-refractivity contribution in [1.82, 2.24) is 0 Å². The Morgan fingerprint density at radius 1 is 1.15 bits per heavy atom. The smallest absolute Gasteiger partial charge is 0.0640 e. The van der Waals surface area contributed by atoms with E-state index in [1.54, 1.807) is 0 Å². The first-order chi connectivity index (χ1) is 9.47. The molecule has 0 bridgehead atoms. The van der Waals surface area contributed by atoms with Crippen molar-refractivity contribution in [1.29, 1.82) is 0 Å². The molecule has 0 amide bonds. The van der Waals surface area contributed by atoms with Crippen LogP contribution in [0.15, 0.2) is 42.5 Å². The number of benzene rings is 2. The maximum Gasteiger partial charge on any atom is 0.0640 e. The third kappa shape index (κ3) is 2.31. The Morgan fingerprint density at radius 2 is 1.90 bits per heavy atom. The predicted octanol–water partition coefficient (Wildman–Crippen LogP) is 5.38. The fourth-order valence-corrected chi connectivity index (χ4v) is 3.45. The summed E-state index contributed by atoms with van der Waals surface area (Å²) >= 11 is 6.37. The highest BCUT2D eigenvalue weighted by Crippen LogP contribution is 2.47. The van der Waals surface area contributed by atoms with E-state index in [1.807, 2.05) is 6.07 Å². The Morgan fingerprint density at radius 3 is 2.65 bits per heavy atom. The van der Waals surface area contributed by atoms with E-state index >= 15 is 0 Å². The second kappa shape index (κ2) is 4.82. The first-order valence-corrected chi connectivity index (χ1v) is 7.46. The third-order valence-electron chi connectivity index (χ3n) is 4.22. The fourth-order valence-electron chi connectivity index (χ4n) is 3.16. The van der Waals surface area contributed by atoms with Crippen molar-refractivity contribution in [2.45, 2.75) is 33.2 Å². The lowest BCUT2D eigenvalue weighted by atomic mass is 9.85. The van der Waals surface area contributed by atoms with Gasteiger partial charge in [-0.2, -0.15) is 0 Å². The summed E-state index contributed by atoms with van der Waals surface area (Å²) in [6, 6.07) is 15.2. The van der Waals surface area contributed by atoms with Crippen LogP contribution in [0.4, 0.5) is 5.69 Å². The lowest BCUT2D eigenvalue weighted by molar-refractivity contribution is 0.337. The van der Waals surface area contributed by atoms with Crippen LogP contribution in [0.25, 0.3) is 0 Å². The van der Waals surface area contributed by atoms with E-state index in [2.05, 4.69) is 62.5 Å². The van der Waals surface area contributed by atoms with E-state index in [1.165, 1.54) is 16.7 Å². The number of halogens is 1. The number of nitrogens with one attached hydrogen (secondary N) is 1. The molecule has 3 rings (SSSR count). The van der Waals surface area contributed by atoms with Crippen molar-refractivity contribution < 1.29 is 0 Å². The molecule has 0 saturated carbocycles. The maximum absolute atomic E-state index is 6.37. The number of fused-ring (bicyclic) bond motifs is 1. The molecule has 2 aromatic rings. The molecule has 0 spiro atoms. The van der Waals surface area contributed by atoms with Gasteiger partial charge in [0.25, 0.3) is 0 Å². The predicted molar refractivity (Wildman–Crippen MR) is 86.5 cm³/mol. The fraction of sp³-hybridized carbons (Fsp3) is 0.333. The average molecular weight is 286 g/mol. The zero-order valence-electron chi connectivity index (χ0n) is 12.2. The van der Waals surface area contributed by atoms with Crippen LogP contribution in [0.5, 0.6) is 0 Å². The maximum atomic E-state index is 6.37. The van der Waals surface area contributed by atoms with E-state index in [0.717, 1.165) is 17.1 Å². The van der Waals surface area contributed by atoms with Gasteiger partial charge in [-0.25, -0.2) is 0 Å². The molecule has 104 valence electrons. The SMILES string of the molecule is Cc1ccc(NC2c3ccccc3CC2(C)C)c(Cl)c1. The molecule has 0 fully saturated rings. The van der Waals surface area contributed by atoms with Crippen LogP contribution in [0.2, 0.25) is 5.02 Å². The molecule has 0 aromatic heterocycles. The summed E-state index contributed by atoms with van der Waals surface area (Å²) in [5, 5.41) is 4.45. The van der Waals surface area contributed by atoms with Gasteiger partial charge in [0.15, 0.2) is 0 Å². The van der Waals surface area contributed by atoms with Gasteiger partial charge in [0, 0.05) is 0 Å². The highest BCUT2D eigenvalue weighted by molar-refractivity contribution is 6.33. The van der Waals surface area contributed by atoms with Crippen molar-refractivity contribution in [2.75, 3.05) is 5.32 Å². The molecule has 1 unspecified atom stereocenters. The zero-order chi connectivity index (χ0) is 14.3. The van der Waals surface area contributed by atoms with Crippen LogP contribution in [-0.2, 0) is 6.42 Å². The minimum Gasteiger partial charge on any atom is -0.376 e. The van der Waals surface area contributed by atoms with E-state index < -0.39 is 0 Å². The lowest BCUT2D eigenvalue weighted by Crippen LogP contribution is -2.24. The number of aryl methyl sites for hydroxylation is 1. The van der Waals surface area contributed by atoms with Crippen LogP contribution >= 0.6 is 11.6 Å². The van der Waals surface area contributed by atoms with Crippen molar-refractivity contribution in [3.63, 3.8) is 0 Å². The van der Waals surface area contributed by atoms with Gasteiger partial charge in [-0.1, -0.05) is 55.8 Å². The van der Waals surface area contributed by atoms with E-state index in [-0.39, 0.29) is 5.41 Å². The molecule has 0 radical (unpaired) electrons. The first kappa shape index (κ1) is 13.5.